The molecule has 0 fully saturated rings. The number of carbonyl (C=O) groups is 1. The van der Waals surface area contributed by atoms with Gasteiger partial charge < -0.3 is 25.3 Å². The van der Waals surface area contributed by atoms with E-state index in [9.17, 15) is 4.79 Å². The first-order valence-electron chi connectivity index (χ1n) is 9.49. The largest absolute Gasteiger partial charge is 0.497 e. The maximum absolute atomic E-state index is 12.1. The molecule has 1 aromatic heterocycles. The second-order valence-electron chi connectivity index (χ2n) is 7.74. The zero-order valence-electron chi connectivity index (χ0n) is 18.4. The number of hydrogen-bond acceptors (Lipinski definition) is 5. The molecule has 1 heterocycles. The molecule has 30 heavy (non-hydrogen) atoms. The minimum Gasteiger partial charge on any atom is -0.497 e. The number of amides is 1. The predicted molar refractivity (Wildman–Crippen MR) is 128 cm³/mol. The summed E-state index contributed by atoms with van der Waals surface area (Å²) in [5.74, 6) is 2.82. The van der Waals surface area contributed by atoms with Gasteiger partial charge in [0.2, 0.25) is 5.91 Å². The molecule has 0 unspecified atom stereocenters. The van der Waals surface area contributed by atoms with E-state index in [2.05, 4.69) is 31.1 Å². The van der Waals surface area contributed by atoms with Crippen LogP contribution in [0.2, 0.25) is 0 Å². The molecule has 10 heteroatoms. The van der Waals surface area contributed by atoms with Crippen LogP contribution in [0.25, 0.3) is 0 Å². The third-order valence-electron chi connectivity index (χ3n) is 4.11. The van der Waals surface area contributed by atoms with Gasteiger partial charge in [0.1, 0.15) is 11.6 Å². The Kier molecular flexibility index (Phi) is 10.0. The Morgan fingerprint density at radius 2 is 1.83 bits per heavy atom. The van der Waals surface area contributed by atoms with Crippen LogP contribution in [0.15, 0.2) is 29.3 Å². The fraction of sp³-hybridized carbons (Fsp3) is 0.500. The van der Waals surface area contributed by atoms with Crippen molar-refractivity contribution >= 4 is 35.8 Å². The fourth-order valence-electron chi connectivity index (χ4n) is 2.47. The second kappa shape index (κ2) is 11.7. The lowest BCUT2D eigenvalue weighted by Crippen LogP contribution is -2.48. The summed E-state index contributed by atoms with van der Waals surface area (Å²) in [5.41, 5.74) is 0.739. The highest BCUT2D eigenvalue weighted by Crippen LogP contribution is 2.11. The Balaban J connectivity index is 0.00000450. The molecule has 0 radical (unpaired) electrons. The number of guanidine groups is 1. The van der Waals surface area contributed by atoms with Gasteiger partial charge in [0, 0.05) is 12.6 Å². The van der Waals surface area contributed by atoms with Crippen molar-refractivity contribution in [1.82, 2.24) is 30.7 Å². The molecule has 0 saturated carbocycles. The Morgan fingerprint density at radius 1 is 1.17 bits per heavy atom. The lowest BCUT2D eigenvalue weighted by atomic mass is 10.1. The van der Waals surface area contributed by atoms with Crippen LogP contribution >= 0.6 is 24.0 Å². The summed E-state index contributed by atoms with van der Waals surface area (Å²) >= 11 is 0. The van der Waals surface area contributed by atoms with Gasteiger partial charge in [-0.05, 0) is 45.4 Å². The highest BCUT2D eigenvalue weighted by atomic mass is 127. The Hall–Kier alpha value is -2.37. The highest BCUT2D eigenvalue weighted by Gasteiger charge is 2.14. The van der Waals surface area contributed by atoms with Crippen molar-refractivity contribution in [2.24, 2.45) is 12.0 Å². The van der Waals surface area contributed by atoms with Gasteiger partial charge in [-0.3, -0.25) is 4.79 Å². The summed E-state index contributed by atoms with van der Waals surface area (Å²) in [5, 5.41) is 17.4. The van der Waals surface area contributed by atoms with E-state index in [1.807, 2.05) is 63.6 Å². The lowest BCUT2D eigenvalue weighted by molar-refractivity contribution is -0.121. The molecule has 1 amide bonds. The number of aliphatic imine (C=N–C) groups is 1. The minimum atomic E-state index is -0.289. The van der Waals surface area contributed by atoms with E-state index in [4.69, 9.17) is 4.74 Å². The third-order valence-corrected chi connectivity index (χ3v) is 4.11. The molecule has 0 aliphatic heterocycles. The molecule has 9 nitrogen and oxygen atoms in total. The van der Waals surface area contributed by atoms with E-state index in [0.717, 1.165) is 23.0 Å². The highest BCUT2D eigenvalue weighted by molar-refractivity contribution is 14.0. The Labute approximate surface area is 195 Å². The fourth-order valence-corrected chi connectivity index (χ4v) is 2.47. The molecule has 0 bridgehead atoms. The third kappa shape index (κ3) is 8.56. The molecule has 0 aliphatic carbocycles. The lowest BCUT2D eigenvalue weighted by Gasteiger charge is -2.21. The number of nitrogens with zero attached hydrogens (tertiary/aromatic N) is 4. The van der Waals surface area contributed by atoms with Gasteiger partial charge in [-0.2, -0.15) is 0 Å². The Bertz CT molecular complexity index is 842. The van der Waals surface area contributed by atoms with Crippen molar-refractivity contribution in [3.63, 3.8) is 0 Å². The molecule has 2 aromatic rings. The average Bonchev–Trinajstić information content (AvgIpc) is 2.98. The van der Waals surface area contributed by atoms with Gasteiger partial charge in [-0.1, -0.05) is 12.1 Å². The number of halogens is 1. The maximum atomic E-state index is 12.1. The van der Waals surface area contributed by atoms with Gasteiger partial charge in [0.25, 0.3) is 0 Å². The number of carbonyl (C=O) groups excluding carboxylic acids is 1. The number of rotatable bonds is 7. The van der Waals surface area contributed by atoms with Crippen LogP contribution in [0.5, 0.6) is 5.75 Å². The van der Waals surface area contributed by atoms with E-state index in [1.54, 1.807) is 7.11 Å². The van der Waals surface area contributed by atoms with E-state index >= 15 is 0 Å². The zero-order chi connectivity index (χ0) is 21.4. The van der Waals surface area contributed by atoms with Gasteiger partial charge >= 0.3 is 0 Å². The smallest absolute Gasteiger partial charge is 0.239 e. The van der Waals surface area contributed by atoms with Crippen LogP contribution in [0.4, 0.5) is 0 Å². The topological polar surface area (TPSA) is 105 Å². The number of hydrogen-bond donors (Lipinski definition) is 3. The van der Waals surface area contributed by atoms with Gasteiger partial charge in [-0.25, -0.2) is 4.99 Å². The predicted octanol–water partition coefficient (Wildman–Crippen LogP) is 1.90. The Morgan fingerprint density at radius 3 is 2.37 bits per heavy atom. The van der Waals surface area contributed by atoms with Crippen LogP contribution in [-0.4, -0.2) is 45.8 Å². The molecule has 3 N–H and O–H groups in total. The molecule has 2 rings (SSSR count). The summed E-state index contributed by atoms with van der Waals surface area (Å²) in [6, 6.07) is 7.70. The number of benzene rings is 1. The van der Waals surface area contributed by atoms with E-state index < -0.39 is 0 Å². The number of aryl methyl sites for hydroxylation is 1. The van der Waals surface area contributed by atoms with E-state index in [1.165, 1.54) is 0 Å². The summed E-state index contributed by atoms with van der Waals surface area (Å²) in [6.07, 6.45) is 0. The first-order valence-corrected chi connectivity index (χ1v) is 9.49. The first kappa shape index (κ1) is 25.7. The SMILES string of the molecule is COc1ccc(CN=C(NCC(=O)NC(C)(C)C)NCc2nnc(C)n2C)cc1.I. The molecular formula is C20H32IN7O2. The summed E-state index contributed by atoms with van der Waals surface area (Å²) < 4.78 is 7.08. The van der Waals surface area contributed by atoms with Gasteiger partial charge in [-0.15, -0.1) is 34.2 Å². The van der Waals surface area contributed by atoms with Crippen LogP contribution in [0, 0.1) is 6.92 Å². The molecule has 0 saturated heterocycles. The maximum Gasteiger partial charge on any atom is 0.239 e. The van der Waals surface area contributed by atoms with Crippen molar-refractivity contribution in [1.29, 1.82) is 0 Å². The first-order chi connectivity index (χ1) is 13.7. The quantitative estimate of drug-likeness (QED) is 0.288. The number of aromatic nitrogens is 3. The molecule has 1 aromatic carbocycles. The standard InChI is InChI=1S/C20H31N7O2.HI/c1-14-25-26-17(27(14)5)12-22-19(23-13-18(28)24-20(2,3)4)21-11-15-7-9-16(29-6)10-8-15;/h7-10H,11-13H2,1-6H3,(H,24,28)(H2,21,22,23);1H. The normalized spacial score (nSPS) is 11.5. The van der Waals surface area contributed by atoms with Crippen molar-refractivity contribution in [3.05, 3.63) is 41.5 Å². The average molecular weight is 529 g/mol. The summed E-state index contributed by atoms with van der Waals surface area (Å²) in [4.78, 5) is 16.7. The molecule has 0 spiro atoms. The van der Waals surface area contributed by atoms with Crippen LogP contribution in [0.1, 0.15) is 38.0 Å². The molecule has 0 aliphatic rings. The van der Waals surface area contributed by atoms with Crippen LogP contribution < -0.4 is 20.7 Å². The van der Waals surface area contributed by atoms with E-state index in [0.29, 0.717) is 19.0 Å². The summed E-state index contributed by atoms with van der Waals surface area (Å²) in [6.45, 7) is 8.73. The molecule has 166 valence electrons. The zero-order valence-corrected chi connectivity index (χ0v) is 20.8. The van der Waals surface area contributed by atoms with Crippen molar-refractivity contribution < 1.29 is 9.53 Å². The minimum absolute atomic E-state index is 0. The molecular weight excluding hydrogens is 497 g/mol. The van der Waals surface area contributed by atoms with Crippen molar-refractivity contribution in [2.75, 3.05) is 13.7 Å². The van der Waals surface area contributed by atoms with Crippen LogP contribution in [0.3, 0.4) is 0 Å². The summed E-state index contributed by atoms with van der Waals surface area (Å²) in [7, 11) is 3.54. The van der Waals surface area contributed by atoms with Crippen LogP contribution in [-0.2, 0) is 24.9 Å². The molecule has 0 atom stereocenters. The second-order valence-corrected chi connectivity index (χ2v) is 7.74. The number of methoxy groups -OCH3 is 1. The van der Waals surface area contributed by atoms with Gasteiger partial charge in [0.05, 0.1) is 26.7 Å². The van der Waals surface area contributed by atoms with Crippen molar-refractivity contribution in [2.45, 2.75) is 46.3 Å². The van der Waals surface area contributed by atoms with E-state index in [-0.39, 0.29) is 42.0 Å². The van der Waals surface area contributed by atoms with Crippen molar-refractivity contribution in [3.8, 4) is 5.75 Å². The van der Waals surface area contributed by atoms with Gasteiger partial charge in [0.15, 0.2) is 11.8 Å². The monoisotopic (exact) mass is 529 g/mol. The number of ether oxygens (including phenoxy) is 1. The number of nitrogens with one attached hydrogen (secondary N) is 3.